The number of nitrogens with zero attached hydrogens (tertiary/aromatic N) is 6. The summed E-state index contributed by atoms with van der Waals surface area (Å²) in [4.78, 5) is 22.7. The first kappa shape index (κ1) is 34.8. The number of benzene rings is 4. The van der Waals surface area contributed by atoms with Crippen molar-refractivity contribution in [2.45, 2.75) is 32.6 Å². The van der Waals surface area contributed by atoms with E-state index in [-0.39, 0.29) is 0 Å². The molecule has 2 heterocycles. The van der Waals surface area contributed by atoms with Crippen LogP contribution in [-0.2, 0) is 32.6 Å². The van der Waals surface area contributed by atoms with Crippen LogP contribution in [0.5, 0.6) is 5.75 Å². The molecule has 0 spiro atoms. The van der Waals surface area contributed by atoms with Crippen LogP contribution in [-0.4, -0.2) is 50.4 Å². The number of nitrogens with two attached hydrogens (primary N) is 2. The van der Waals surface area contributed by atoms with E-state index in [0.29, 0.717) is 66.8 Å². The Kier molecular flexibility index (Phi) is 11.6. The van der Waals surface area contributed by atoms with E-state index >= 15 is 0 Å². The molecule has 0 bridgehead atoms. The molecule has 51 heavy (non-hydrogen) atoms. The third-order valence-electron chi connectivity index (χ3n) is 8.00. The molecule has 11 nitrogen and oxygen atoms in total. The normalized spacial score (nSPS) is 11.1. The fraction of sp³-hybridized carbons (Fsp3) is 0.200. The minimum atomic E-state index is 0.402. The molecule has 6 N–H and O–H groups in total. The number of nitrogen functional groups attached to an aromatic ring is 2. The van der Waals surface area contributed by atoms with Crippen molar-refractivity contribution in [2.24, 2.45) is 0 Å². The van der Waals surface area contributed by atoms with E-state index in [1.165, 1.54) is 11.1 Å². The van der Waals surface area contributed by atoms with Gasteiger partial charge >= 0.3 is 0 Å². The lowest BCUT2D eigenvalue weighted by molar-refractivity contribution is 0.311. The van der Waals surface area contributed by atoms with E-state index in [2.05, 4.69) is 66.8 Å². The standard InChI is InChI=1S/C40H44N10O/c1-49(25-30-12-5-3-6-13-30)27-39-45-35(41)23-37(47-39)43-32-17-11-16-29(22-32)20-21-51-34-19-10-9-18-33(34)44-38-24-36(42)46-40(48-38)28-50(2)26-31-14-7-4-8-15-31/h3-19,22-24H,20-21,25-28H2,1-2H3,(H3,41,43,45,47)(H3,42,44,46,48). The van der Waals surface area contributed by atoms with Crippen molar-refractivity contribution in [1.29, 1.82) is 0 Å². The summed E-state index contributed by atoms with van der Waals surface area (Å²) in [6.07, 6.45) is 0.698. The zero-order valence-electron chi connectivity index (χ0n) is 29.0. The summed E-state index contributed by atoms with van der Waals surface area (Å²) in [7, 11) is 4.08. The van der Waals surface area contributed by atoms with Crippen molar-refractivity contribution >= 4 is 34.6 Å². The van der Waals surface area contributed by atoms with E-state index in [0.717, 1.165) is 30.0 Å². The summed E-state index contributed by atoms with van der Waals surface area (Å²) in [6.45, 7) is 3.16. The van der Waals surface area contributed by atoms with Crippen molar-refractivity contribution < 1.29 is 4.74 Å². The Balaban J connectivity index is 1.04. The lowest BCUT2D eigenvalue weighted by atomic mass is 10.1. The highest BCUT2D eigenvalue weighted by Crippen LogP contribution is 2.28. The average Bonchev–Trinajstić information content (AvgIpc) is 3.09. The monoisotopic (exact) mass is 680 g/mol. The van der Waals surface area contributed by atoms with Crippen LogP contribution in [0.3, 0.4) is 0 Å². The molecule has 2 aromatic heterocycles. The molecule has 4 aromatic carbocycles. The summed E-state index contributed by atoms with van der Waals surface area (Å²) in [5.74, 6) is 4.09. The molecular weight excluding hydrogens is 637 g/mol. The molecule has 0 aliphatic heterocycles. The zero-order chi connectivity index (χ0) is 35.4. The van der Waals surface area contributed by atoms with Gasteiger partial charge in [-0.05, 0) is 55.1 Å². The van der Waals surface area contributed by atoms with Gasteiger partial charge in [0.05, 0.1) is 25.4 Å². The van der Waals surface area contributed by atoms with Crippen LogP contribution < -0.4 is 26.8 Å². The minimum absolute atomic E-state index is 0.402. The maximum Gasteiger partial charge on any atom is 0.147 e. The van der Waals surface area contributed by atoms with Crippen LogP contribution in [0.1, 0.15) is 28.3 Å². The molecule has 0 atom stereocenters. The van der Waals surface area contributed by atoms with Gasteiger partial charge in [0.2, 0.25) is 0 Å². The molecule has 0 unspecified atom stereocenters. The molecule has 0 radical (unpaired) electrons. The van der Waals surface area contributed by atoms with E-state index in [9.17, 15) is 0 Å². The number of hydrogen-bond acceptors (Lipinski definition) is 11. The van der Waals surface area contributed by atoms with E-state index in [4.69, 9.17) is 26.2 Å². The summed E-state index contributed by atoms with van der Waals surface area (Å²) in [5, 5.41) is 6.78. The lowest BCUT2D eigenvalue weighted by Gasteiger charge is -2.17. The first-order valence-electron chi connectivity index (χ1n) is 16.9. The third-order valence-corrected chi connectivity index (χ3v) is 8.00. The number of aromatic nitrogens is 4. The average molecular weight is 681 g/mol. The van der Waals surface area contributed by atoms with Gasteiger partial charge in [-0.1, -0.05) is 84.9 Å². The second-order valence-corrected chi connectivity index (χ2v) is 12.5. The highest BCUT2D eigenvalue weighted by molar-refractivity contribution is 5.65. The van der Waals surface area contributed by atoms with Gasteiger partial charge in [0.25, 0.3) is 0 Å². The molecule has 11 heteroatoms. The van der Waals surface area contributed by atoms with Crippen LogP contribution in [0.25, 0.3) is 0 Å². The quantitative estimate of drug-likeness (QED) is 0.0857. The third kappa shape index (κ3) is 10.7. The molecule has 0 saturated carbocycles. The van der Waals surface area contributed by atoms with Crippen molar-refractivity contribution in [3.63, 3.8) is 0 Å². The van der Waals surface area contributed by atoms with Gasteiger partial charge in [0.1, 0.15) is 40.7 Å². The Morgan fingerprint density at radius 2 is 1.08 bits per heavy atom. The first-order valence-corrected chi connectivity index (χ1v) is 16.9. The molecule has 260 valence electrons. The number of ether oxygens (including phenoxy) is 1. The maximum absolute atomic E-state index is 6.27. The van der Waals surface area contributed by atoms with Crippen LogP contribution in [0.15, 0.2) is 121 Å². The fourth-order valence-corrected chi connectivity index (χ4v) is 5.75. The highest BCUT2D eigenvalue weighted by Gasteiger charge is 2.11. The van der Waals surface area contributed by atoms with E-state index in [1.54, 1.807) is 12.1 Å². The van der Waals surface area contributed by atoms with Crippen molar-refractivity contribution in [3.05, 3.63) is 150 Å². The fourth-order valence-electron chi connectivity index (χ4n) is 5.75. The molecule has 0 amide bonds. The van der Waals surface area contributed by atoms with Gasteiger partial charge in [0.15, 0.2) is 0 Å². The van der Waals surface area contributed by atoms with Gasteiger partial charge < -0.3 is 26.8 Å². The minimum Gasteiger partial charge on any atom is -0.491 e. The number of rotatable bonds is 16. The van der Waals surface area contributed by atoms with E-state index < -0.39 is 0 Å². The van der Waals surface area contributed by atoms with Gasteiger partial charge in [-0.2, -0.15) is 0 Å². The number of hydrogen-bond donors (Lipinski definition) is 4. The number of nitrogens with one attached hydrogen (secondary N) is 2. The molecule has 0 aliphatic rings. The topological polar surface area (TPSA) is 143 Å². The summed E-state index contributed by atoms with van der Waals surface area (Å²) in [6, 6.07) is 40.1. The molecule has 0 fully saturated rings. The number of anilines is 6. The van der Waals surface area contributed by atoms with Crippen LogP contribution in [0.2, 0.25) is 0 Å². The summed E-state index contributed by atoms with van der Waals surface area (Å²) < 4.78 is 6.27. The van der Waals surface area contributed by atoms with Crippen LogP contribution in [0.4, 0.5) is 34.6 Å². The molecular formula is C40H44N10O. The van der Waals surface area contributed by atoms with E-state index in [1.807, 2.05) is 86.9 Å². The lowest BCUT2D eigenvalue weighted by Crippen LogP contribution is -2.19. The van der Waals surface area contributed by atoms with Crippen LogP contribution >= 0.6 is 0 Å². The second-order valence-electron chi connectivity index (χ2n) is 12.5. The SMILES string of the molecule is CN(Cc1ccccc1)Cc1nc(N)cc(Nc2cccc(CCOc3ccccc3Nc3cc(N)nc(CN(C)Cc4ccccc4)n3)c2)n1. The summed E-state index contributed by atoms with van der Waals surface area (Å²) >= 11 is 0. The highest BCUT2D eigenvalue weighted by atomic mass is 16.5. The maximum atomic E-state index is 6.27. The molecule has 6 rings (SSSR count). The molecule has 0 aliphatic carbocycles. The number of para-hydroxylation sites is 2. The van der Waals surface area contributed by atoms with Crippen molar-refractivity contribution in [2.75, 3.05) is 42.8 Å². The smallest absolute Gasteiger partial charge is 0.147 e. The predicted octanol–water partition coefficient (Wildman–Crippen LogP) is 6.80. The van der Waals surface area contributed by atoms with Gasteiger partial charge in [-0.15, -0.1) is 0 Å². The Morgan fingerprint density at radius 3 is 1.69 bits per heavy atom. The van der Waals surface area contributed by atoms with Crippen molar-refractivity contribution in [3.8, 4) is 5.75 Å². The largest absolute Gasteiger partial charge is 0.491 e. The molecule has 6 aromatic rings. The zero-order valence-corrected chi connectivity index (χ0v) is 29.0. The Hall–Kier alpha value is -6.04. The Bertz CT molecular complexity index is 2010. The van der Waals surface area contributed by atoms with Gasteiger partial charge in [0, 0.05) is 37.3 Å². The van der Waals surface area contributed by atoms with Gasteiger partial charge in [-0.25, -0.2) is 19.9 Å². The second kappa shape index (κ2) is 17.1. The first-order chi connectivity index (χ1) is 24.8. The van der Waals surface area contributed by atoms with Crippen molar-refractivity contribution in [1.82, 2.24) is 29.7 Å². The Labute approximate surface area is 299 Å². The van der Waals surface area contributed by atoms with Crippen LogP contribution in [0, 0.1) is 0 Å². The molecule has 0 saturated heterocycles. The summed E-state index contributed by atoms with van der Waals surface area (Å²) in [5.41, 5.74) is 17.6. The Morgan fingerprint density at radius 1 is 0.549 bits per heavy atom. The predicted molar refractivity (Wildman–Crippen MR) is 205 cm³/mol. The van der Waals surface area contributed by atoms with Gasteiger partial charge in [-0.3, -0.25) is 9.80 Å².